The van der Waals surface area contributed by atoms with E-state index in [1.807, 2.05) is 6.92 Å². The first-order valence-electron chi connectivity index (χ1n) is 16.1. The van der Waals surface area contributed by atoms with Gasteiger partial charge < -0.3 is 10.2 Å². The third-order valence-corrected chi connectivity index (χ3v) is 12.2. The second-order valence-corrected chi connectivity index (χ2v) is 14.6. The minimum Gasteiger partial charge on any atom is -0.465 e. The summed E-state index contributed by atoms with van der Waals surface area (Å²) in [5.41, 5.74) is 4.31. The zero-order valence-electron chi connectivity index (χ0n) is 28.2. The number of H-pyrrole nitrogens is 1. The molecule has 0 radical (unpaired) electrons. The molecule has 0 saturated heterocycles. The third-order valence-electron chi connectivity index (χ3n) is 12.2. The molecule has 0 amide bonds. The van der Waals surface area contributed by atoms with Crippen LogP contribution in [0.2, 0.25) is 0 Å². The van der Waals surface area contributed by atoms with Crippen molar-refractivity contribution in [1.82, 2.24) is 9.78 Å². The molecule has 11 heteroatoms. The van der Waals surface area contributed by atoms with Gasteiger partial charge in [-0.05, 0) is 79.5 Å². The van der Waals surface area contributed by atoms with Crippen molar-refractivity contribution < 1.29 is 23.1 Å². The Morgan fingerprint density at radius 2 is 1.53 bits per heavy atom. The van der Waals surface area contributed by atoms with Crippen molar-refractivity contribution in [3.8, 4) is 5.69 Å². The van der Waals surface area contributed by atoms with E-state index in [1.165, 1.54) is 16.8 Å². The summed E-state index contributed by atoms with van der Waals surface area (Å²) in [5, 5.41) is 3.21. The van der Waals surface area contributed by atoms with Crippen LogP contribution in [-0.4, -0.2) is 28.1 Å². The van der Waals surface area contributed by atoms with Gasteiger partial charge in [0.2, 0.25) is 0 Å². The van der Waals surface area contributed by atoms with Gasteiger partial charge in [-0.2, -0.15) is 0 Å². The number of nitrogen functional groups attached to an aromatic ring is 1. The Morgan fingerprint density at radius 3 is 2.04 bits per heavy atom. The number of para-hydroxylation sites is 2. The van der Waals surface area contributed by atoms with Crippen LogP contribution < -0.4 is 16.8 Å². The SMILES string of the molecule is CC1(C)[C@@H]2CC[C@@]1(C)c1[nH]n(-c3ccccc3F)c(=O)c12.CCOC(=O)C1C(=O)[C@]2(C)CC[C@H]1C2(C)C.Cl.NNc1ccccc1F. The number of hydrogen-bond acceptors (Lipinski definition) is 6. The summed E-state index contributed by atoms with van der Waals surface area (Å²) in [6.07, 6.45) is 4.01. The molecule has 47 heavy (non-hydrogen) atoms. The van der Waals surface area contributed by atoms with Gasteiger partial charge in [-0.1, -0.05) is 65.8 Å². The number of nitrogens with one attached hydrogen (secondary N) is 2. The first kappa shape index (κ1) is 36.3. The van der Waals surface area contributed by atoms with Crippen LogP contribution in [0.25, 0.3) is 5.69 Å². The molecule has 4 aliphatic carbocycles. The molecule has 0 spiro atoms. The maximum absolute atomic E-state index is 14.0. The fourth-order valence-electron chi connectivity index (χ4n) is 8.62. The van der Waals surface area contributed by atoms with Crippen LogP contribution in [-0.2, 0) is 19.7 Å². The molecule has 2 aromatic carbocycles. The molecule has 3 aromatic rings. The quantitative estimate of drug-likeness (QED) is 0.117. The van der Waals surface area contributed by atoms with Crippen molar-refractivity contribution in [2.24, 2.45) is 33.9 Å². The molecule has 4 N–H and O–H groups in total. The third kappa shape index (κ3) is 5.41. The molecule has 5 atom stereocenters. The highest BCUT2D eigenvalue weighted by atomic mass is 35.5. The summed E-state index contributed by atoms with van der Waals surface area (Å²) in [6.45, 7) is 15.1. The summed E-state index contributed by atoms with van der Waals surface area (Å²) in [5.74, 6) is 3.98. The molecule has 7 rings (SSSR count). The van der Waals surface area contributed by atoms with E-state index in [0.29, 0.717) is 18.0 Å². The number of anilines is 1. The lowest BCUT2D eigenvalue weighted by molar-refractivity contribution is -0.154. The number of carbonyl (C=O) groups excluding carboxylic acids is 2. The van der Waals surface area contributed by atoms with Gasteiger partial charge in [-0.25, -0.2) is 13.5 Å². The van der Waals surface area contributed by atoms with Gasteiger partial charge in [0.05, 0.1) is 12.3 Å². The van der Waals surface area contributed by atoms with Crippen LogP contribution in [0.4, 0.5) is 14.5 Å². The van der Waals surface area contributed by atoms with Gasteiger partial charge in [0.15, 0.2) is 5.78 Å². The summed E-state index contributed by atoms with van der Waals surface area (Å²) in [4.78, 5) is 37.0. The fraction of sp³-hybridized carbons (Fsp3) is 0.528. The Hall–Kier alpha value is -3.50. The standard InChI is InChI=1S/C17H19FN2O.C13H20O3.C6H7FN2.ClH/c1-16(2)10-8-9-17(16,3)14-13(10)15(21)20(19-14)12-7-5-4-6-11(12)18;1-5-16-11(15)9-8-6-7-13(4,10(9)14)12(8,2)3;7-5-3-1-2-4-6(5)9-8;/h4-7,10,19H,8-9H2,1-3H3;8-9H,5-7H2,1-4H3;1-4,9H,8H2;1H/t10-,17+;8-,9?,13+;;/m11../s1. The highest BCUT2D eigenvalue weighted by Crippen LogP contribution is 2.67. The van der Waals surface area contributed by atoms with Crippen molar-refractivity contribution in [3.05, 3.63) is 81.8 Å². The van der Waals surface area contributed by atoms with Crippen LogP contribution >= 0.6 is 12.4 Å². The summed E-state index contributed by atoms with van der Waals surface area (Å²) in [6, 6.07) is 12.6. The van der Waals surface area contributed by atoms with E-state index in [1.54, 1.807) is 43.3 Å². The number of ketones is 1. The molecule has 3 fully saturated rings. The molecule has 1 aromatic heterocycles. The van der Waals surface area contributed by atoms with Gasteiger partial charge in [-0.15, -0.1) is 12.4 Å². The Bertz CT molecular complexity index is 1720. The van der Waals surface area contributed by atoms with Crippen molar-refractivity contribution in [2.75, 3.05) is 12.0 Å². The average Bonchev–Trinajstić information content (AvgIpc) is 3.65. The van der Waals surface area contributed by atoms with Crippen molar-refractivity contribution >= 4 is 29.8 Å². The van der Waals surface area contributed by atoms with Crippen LogP contribution in [0, 0.1) is 39.7 Å². The second kappa shape index (κ2) is 12.8. The van der Waals surface area contributed by atoms with E-state index >= 15 is 0 Å². The topological polar surface area (TPSA) is 119 Å². The normalized spacial score (nSPS) is 28.3. The first-order valence-corrected chi connectivity index (χ1v) is 16.1. The van der Waals surface area contributed by atoms with Gasteiger partial charge in [-0.3, -0.25) is 25.3 Å². The van der Waals surface area contributed by atoms with E-state index in [-0.39, 0.29) is 74.8 Å². The Morgan fingerprint density at radius 1 is 0.936 bits per heavy atom. The number of rotatable bonds is 4. The zero-order valence-corrected chi connectivity index (χ0v) is 29.0. The molecule has 3 saturated carbocycles. The van der Waals surface area contributed by atoms with Crippen molar-refractivity contribution in [3.63, 3.8) is 0 Å². The molecule has 1 heterocycles. The minimum absolute atomic E-state index is 0. The van der Waals surface area contributed by atoms with E-state index in [0.717, 1.165) is 36.9 Å². The maximum atomic E-state index is 14.0. The number of nitrogens with two attached hydrogens (primary N) is 1. The van der Waals surface area contributed by atoms with E-state index in [9.17, 15) is 23.2 Å². The molecular weight excluding hydrogens is 626 g/mol. The number of aromatic amines is 1. The lowest BCUT2D eigenvalue weighted by Crippen LogP contribution is -2.36. The number of halogens is 3. The summed E-state index contributed by atoms with van der Waals surface area (Å²) < 4.78 is 32.9. The predicted molar refractivity (Wildman–Crippen MR) is 181 cm³/mol. The monoisotopic (exact) mass is 672 g/mol. The van der Waals surface area contributed by atoms with Crippen LogP contribution in [0.15, 0.2) is 53.3 Å². The maximum Gasteiger partial charge on any atom is 0.316 e. The van der Waals surface area contributed by atoms with Gasteiger partial charge in [0.1, 0.15) is 23.2 Å². The van der Waals surface area contributed by atoms with E-state index < -0.39 is 5.92 Å². The lowest BCUT2D eigenvalue weighted by atomic mass is 9.70. The van der Waals surface area contributed by atoms with Gasteiger partial charge in [0.25, 0.3) is 5.56 Å². The lowest BCUT2D eigenvalue weighted by Gasteiger charge is -2.34. The predicted octanol–water partition coefficient (Wildman–Crippen LogP) is 7.20. The van der Waals surface area contributed by atoms with Crippen molar-refractivity contribution in [2.45, 2.75) is 85.5 Å². The van der Waals surface area contributed by atoms with E-state index in [2.05, 4.69) is 45.1 Å². The summed E-state index contributed by atoms with van der Waals surface area (Å²) in [7, 11) is 0. The van der Waals surface area contributed by atoms with Gasteiger partial charge >= 0.3 is 5.97 Å². The number of ether oxygens (including phenoxy) is 1. The van der Waals surface area contributed by atoms with Crippen LogP contribution in [0.1, 0.15) is 91.3 Å². The highest BCUT2D eigenvalue weighted by Gasteiger charge is 2.68. The van der Waals surface area contributed by atoms with Crippen molar-refractivity contribution in [1.29, 1.82) is 0 Å². The summed E-state index contributed by atoms with van der Waals surface area (Å²) >= 11 is 0. The van der Waals surface area contributed by atoms with Crippen LogP contribution in [0.3, 0.4) is 0 Å². The second-order valence-electron chi connectivity index (χ2n) is 14.6. The Kier molecular flexibility index (Phi) is 9.93. The molecule has 1 unspecified atom stereocenters. The van der Waals surface area contributed by atoms with Gasteiger partial charge in [0, 0.05) is 22.1 Å². The molecule has 256 valence electrons. The minimum atomic E-state index is -0.506. The first-order chi connectivity index (χ1) is 21.6. The number of aromatic nitrogens is 2. The average molecular weight is 673 g/mol. The zero-order chi connectivity index (χ0) is 33.8. The Labute approximate surface area is 281 Å². The molecule has 4 aliphatic rings. The molecule has 4 bridgehead atoms. The van der Waals surface area contributed by atoms with E-state index in [4.69, 9.17) is 10.6 Å². The number of fused-ring (bicyclic) bond motifs is 7. The molecule has 0 aliphatic heterocycles. The number of nitrogens with zero attached hydrogens (tertiary/aromatic N) is 1. The number of carbonyl (C=O) groups is 2. The fourth-order valence-corrected chi connectivity index (χ4v) is 8.62. The number of benzene rings is 2. The molecule has 8 nitrogen and oxygen atoms in total. The molecular formula is C36H47ClF2N4O4. The smallest absolute Gasteiger partial charge is 0.316 e. The number of esters is 1. The number of hydrogen-bond donors (Lipinski definition) is 3. The number of Topliss-reactive ketones (excluding diaryl/α,β-unsaturated/α-hetero) is 1. The number of hydrazine groups is 1. The largest absolute Gasteiger partial charge is 0.465 e. The highest BCUT2D eigenvalue weighted by molar-refractivity contribution is 6.05. The van der Waals surface area contributed by atoms with Crippen LogP contribution in [0.5, 0.6) is 0 Å². The Balaban J connectivity index is 0.000000171.